The van der Waals surface area contributed by atoms with Crippen LogP contribution in [0.2, 0.25) is 0 Å². The fraction of sp³-hybridized carbons (Fsp3) is 0.222. The second kappa shape index (κ2) is 6.43. The second-order valence-corrected chi connectivity index (χ2v) is 5.51. The number of benzene rings is 2. The topological polar surface area (TPSA) is 58.2 Å². The van der Waals surface area contributed by atoms with Crippen molar-refractivity contribution in [2.45, 2.75) is 18.8 Å². The molecule has 1 saturated carbocycles. The van der Waals surface area contributed by atoms with E-state index in [1.54, 1.807) is 0 Å². The fourth-order valence-corrected chi connectivity index (χ4v) is 2.43. The van der Waals surface area contributed by atoms with Crippen LogP contribution in [0, 0.1) is 5.92 Å². The molecule has 0 aromatic heterocycles. The molecule has 22 heavy (non-hydrogen) atoms. The lowest BCUT2D eigenvalue weighted by Crippen LogP contribution is -2.44. The van der Waals surface area contributed by atoms with Gasteiger partial charge in [-0.05, 0) is 24.0 Å². The van der Waals surface area contributed by atoms with Crippen molar-refractivity contribution in [2.24, 2.45) is 5.92 Å². The maximum Gasteiger partial charge on any atom is 0.250 e. The maximum atomic E-state index is 12.6. The summed E-state index contributed by atoms with van der Waals surface area (Å²) in [5.41, 5.74) is 6.88. The number of carbonyl (C=O) groups is 2. The van der Waals surface area contributed by atoms with Crippen LogP contribution in [-0.2, 0) is 9.59 Å². The average molecular weight is 294 g/mol. The van der Waals surface area contributed by atoms with E-state index >= 15 is 0 Å². The van der Waals surface area contributed by atoms with Crippen LogP contribution in [0.3, 0.4) is 0 Å². The first kappa shape index (κ1) is 14.3. The van der Waals surface area contributed by atoms with Crippen molar-refractivity contribution in [3.8, 4) is 0 Å². The Kier molecular flexibility index (Phi) is 4.19. The molecule has 0 saturated heterocycles. The molecule has 2 aromatic rings. The van der Waals surface area contributed by atoms with Gasteiger partial charge in [0.2, 0.25) is 11.8 Å². The second-order valence-electron chi connectivity index (χ2n) is 5.51. The first-order valence-electron chi connectivity index (χ1n) is 7.45. The SMILES string of the molecule is O=C(NNC(=O)C(c1ccccc1)c1ccccc1)C1CC1. The Morgan fingerprint density at radius 3 is 1.77 bits per heavy atom. The molecule has 2 N–H and O–H groups in total. The van der Waals surface area contributed by atoms with Crippen molar-refractivity contribution in [3.05, 3.63) is 71.8 Å². The smallest absolute Gasteiger partial charge is 0.250 e. The third kappa shape index (κ3) is 3.34. The summed E-state index contributed by atoms with van der Waals surface area (Å²) in [6.07, 6.45) is 1.81. The minimum Gasteiger partial charge on any atom is -0.273 e. The van der Waals surface area contributed by atoms with Gasteiger partial charge in [0.1, 0.15) is 0 Å². The molecule has 0 spiro atoms. The Balaban J connectivity index is 1.79. The summed E-state index contributed by atoms with van der Waals surface area (Å²) in [4.78, 5) is 24.2. The maximum absolute atomic E-state index is 12.6. The van der Waals surface area contributed by atoms with Gasteiger partial charge in [-0.15, -0.1) is 0 Å². The molecular formula is C18H18N2O2. The first-order chi connectivity index (χ1) is 10.8. The van der Waals surface area contributed by atoms with Crippen LogP contribution in [0.1, 0.15) is 29.9 Å². The van der Waals surface area contributed by atoms with E-state index in [2.05, 4.69) is 10.9 Å². The van der Waals surface area contributed by atoms with Crippen LogP contribution in [0.5, 0.6) is 0 Å². The van der Waals surface area contributed by atoms with E-state index in [4.69, 9.17) is 0 Å². The lowest BCUT2D eigenvalue weighted by molar-refractivity contribution is -0.129. The minimum atomic E-state index is -0.443. The summed E-state index contributed by atoms with van der Waals surface area (Å²) in [6, 6.07) is 19.1. The third-order valence-corrected chi connectivity index (χ3v) is 3.79. The standard InChI is InChI=1S/C18H18N2O2/c21-17(15-11-12-15)19-20-18(22)16(13-7-3-1-4-8-13)14-9-5-2-6-10-14/h1-10,15-16H,11-12H2,(H,19,21)(H,20,22). The van der Waals surface area contributed by atoms with Gasteiger partial charge in [0.05, 0.1) is 5.92 Å². The van der Waals surface area contributed by atoms with Crippen LogP contribution in [0.15, 0.2) is 60.7 Å². The van der Waals surface area contributed by atoms with Gasteiger partial charge in [0, 0.05) is 5.92 Å². The predicted molar refractivity (Wildman–Crippen MR) is 83.7 cm³/mol. The highest BCUT2D eigenvalue weighted by Gasteiger charge is 2.30. The lowest BCUT2D eigenvalue weighted by Gasteiger charge is -2.18. The van der Waals surface area contributed by atoms with E-state index in [1.165, 1.54) is 0 Å². The van der Waals surface area contributed by atoms with E-state index in [1.807, 2.05) is 60.7 Å². The molecule has 0 radical (unpaired) electrons. The van der Waals surface area contributed by atoms with Gasteiger partial charge < -0.3 is 0 Å². The minimum absolute atomic E-state index is 0.0622. The fourth-order valence-electron chi connectivity index (χ4n) is 2.43. The summed E-state index contributed by atoms with van der Waals surface area (Å²) < 4.78 is 0. The molecule has 1 aliphatic carbocycles. The van der Waals surface area contributed by atoms with Gasteiger partial charge in [-0.3, -0.25) is 20.4 Å². The molecule has 0 atom stereocenters. The molecular weight excluding hydrogens is 276 g/mol. The molecule has 3 rings (SSSR count). The Morgan fingerprint density at radius 2 is 1.32 bits per heavy atom. The van der Waals surface area contributed by atoms with Gasteiger partial charge >= 0.3 is 0 Å². The Hall–Kier alpha value is -2.62. The number of hydrogen-bond donors (Lipinski definition) is 2. The molecule has 0 heterocycles. The number of nitrogens with one attached hydrogen (secondary N) is 2. The van der Waals surface area contributed by atoms with Crippen molar-refractivity contribution >= 4 is 11.8 Å². The summed E-state index contributed by atoms with van der Waals surface area (Å²) in [6.45, 7) is 0. The zero-order chi connectivity index (χ0) is 15.4. The van der Waals surface area contributed by atoms with Crippen LogP contribution >= 0.6 is 0 Å². The molecule has 1 aliphatic rings. The Morgan fingerprint density at radius 1 is 0.818 bits per heavy atom. The first-order valence-corrected chi connectivity index (χ1v) is 7.45. The quantitative estimate of drug-likeness (QED) is 0.851. The van der Waals surface area contributed by atoms with Crippen molar-refractivity contribution < 1.29 is 9.59 Å². The number of carbonyl (C=O) groups excluding carboxylic acids is 2. The molecule has 0 bridgehead atoms. The average Bonchev–Trinajstić information content (AvgIpc) is 3.40. The molecule has 1 fully saturated rings. The molecule has 4 nitrogen and oxygen atoms in total. The van der Waals surface area contributed by atoms with E-state index in [-0.39, 0.29) is 17.7 Å². The molecule has 2 aromatic carbocycles. The number of hydrogen-bond acceptors (Lipinski definition) is 2. The number of rotatable bonds is 4. The van der Waals surface area contributed by atoms with Crippen LogP contribution < -0.4 is 10.9 Å². The van der Waals surface area contributed by atoms with Crippen molar-refractivity contribution in [1.82, 2.24) is 10.9 Å². The molecule has 4 heteroatoms. The number of hydrazine groups is 1. The summed E-state index contributed by atoms with van der Waals surface area (Å²) in [5.74, 6) is -0.714. The van der Waals surface area contributed by atoms with E-state index in [0.29, 0.717) is 0 Å². The van der Waals surface area contributed by atoms with Gasteiger partial charge in [-0.1, -0.05) is 60.7 Å². The van der Waals surface area contributed by atoms with Crippen LogP contribution in [0.25, 0.3) is 0 Å². The van der Waals surface area contributed by atoms with E-state index < -0.39 is 5.92 Å². The summed E-state index contributed by atoms with van der Waals surface area (Å²) in [7, 11) is 0. The molecule has 0 unspecified atom stereocenters. The predicted octanol–water partition coefficient (Wildman–Crippen LogP) is 2.38. The van der Waals surface area contributed by atoms with Crippen molar-refractivity contribution in [3.63, 3.8) is 0 Å². The van der Waals surface area contributed by atoms with Crippen molar-refractivity contribution in [2.75, 3.05) is 0 Å². The highest BCUT2D eigenvalue weighted by atomic mass is 16.2. The summed E-state index contributed by atoms with van der Waals surface area (Å²) in [5, 5.41) is 0. The third-order valence-electron chi connectivity index (χ3n) is 3.79. The molecule has 0 aliphatic heterocycles. The van der Waals surface area contributed by atoms with Crippen molar-refractivity contribution in [1.29, 1.82) is 0 Å². The highest BCUT2D eigenvalue weighted by molar-refractivity contribution is 5.90. The highest BCUT2D eigenvalue weighted by Crippen LogP contribution is 2.28. The van der Waals surface area contributed by atoms with Gasteiger partial charge in [-0.2, -0.15) is 0 Å². The Bertz CT molecular complexity index is 612. The van der Waals surface area contributed by atoms with E-state index in [9.17, 15) is 9.59 Å². The van der Waals surface area contributed by atoms with Crippen LogP contribution in [-0.4, -0.2) is 11.8 Å². The lowest BCUT2D eigenvalue weighted by atomic mass is 9.91. The number of amides is 2. The van der Waals surface area contributed by atoms with Crippen LogP contribution in [0.4, 0.5) is 0 Å². The normalized spacial score (nSPS) is 13.7. The molecule has 2 amide bonds. The zero-order valence-corrected chi connectivity index (χ0v) is 12.2. The largest absolute Gasteiger partial charge is 0.273 e. The Labute approximate surface area is 129 Å². The van der Waals surface area contributed by atoms with E-state index in [0.717, 1.165) is 24.0 Å². The zero-order valence-electron chi connectivity index (χ0n) is 12.2. The summed E-state index contributed by atoms with van der Waals surface area (Å²) >= 11 is 0. The molecule has 112 valence electrons. The van der Waals surface area contributed by atoms with Gasteiger partial charge in [0.25, 0.3) is 0 Å². The monoisotopic (exact) mass is 294 g/mol. The van der Waals surface area contributed by atoms with Gasteiger partial charge in [0.15, 0.2) is 0 Å². The van der Waals surface area contributed by atoms with Gasteiger partial charge in [-0.25, -0.2) is 0 Å².